The van der Waals surface area contributed by atoms with Crippen molar-refractivity contribution in [1.82, 2.24) is 9.58 Å². The molecule has 1 unspecified atom stereocenters. The SMILES string of the molecule is Cc1c2n(ccc1=O)N(C1c3ccccc3CSc3cc(F)ccc31)CN(C)C2=O. The first-order valence-electron chi connectivity index (χ1n) is 9.70. The number of carbonyl (C=O) groups excluding carboxylic acids is 1. The highest BCUT2D eigenvalue weighted by Gasteiger charge is 2.36. The molecule has 2 aliphatic heterocycles. The van der Waals surface area contributed by atoms with Gasteiger partial charge in [-0.15, -0.1) is 11.8 Å². The van der Waals surface area contributed by atoms with E-state index in [1.54, 1.807) is 47.6 Å². The van der Waals surface area contributed by atoms with Crippen LogP contribution in [-0.4, -0.2) is 29.2 Å². The van der Waals surface area contributed by atoms with Crippen LogP contribution in [0.2, 0.25) is 0 Å². The van der Waals surface area contributed by atoms with Crippen LogP contribution in [0.25, 0.3) is 0 Å². The number of thioether (sulfide) groups is 1. The molecule has 0 spiro atoms. The summed E-state index contributed by atoms with van der Waals surface area (Å²) in [5.74, 6) is 0.288. The Morgan fingerprint density at radius 2 is 1.87 bits per heavy atom. The molecule has 2 aliphatic rings. The van der Waals surface area contributed by atoms with Gasteiger partial charge in [-0.3, -0.25) is 19.3 Å². The molecule has 0 bridgehead atoms. The minimum atomic E-state index is -0.267. The Labute approximate surface area is 177 Å². The van der Waals surface area contributed by atoms with Gasteiger partial charge in [0.15, 0.2) is 5.43 Å². The van der Waals surface area contributed by atoms with Gasteiger partial charge in [-0.2, -0.15) is 0 Å². The van der Waals surface area contributed by atoms with Crippen molar-refractivity contribution in [2.45, 2.75) is 23.6 Å². The molecule has 1 atom stereocenters. The van der Waals surface area contributed by atoms with Gasteiger partial charge in [0.25, 0.3) is 5.91 Å². The lowest BCUT2D eigenvalue weighted by atomic mass is 9.94. The number of hydrogen-bond donors (Lipinski definition) is 0. The highest BCUT2D eigenvalue weighted by molar-refractivity contribution is 7.98. The van der Waals surface area contributed by atoms with Crippen molar-refractivity contribution in [2.75, 3.05) is 18.7 Å². The van der Waals surface area contributed by atoms with Gasteiger partial charge in [0.05, 0.1) is 6.04 Å². The lowest BCUT2D eigenvalue weighted by Gasteiger charge is -2.43. The largest absolute Gasteiger partial charge is 0.321 e. The number of halogens is 1. The summed E-state index contributed by atoms with van der Waals surface area (Å²) in [4.78, 5) is 27.7. The van der Waals surface area contributed by atoms with Crippen molar-refractivity contribution in [1.29, 1.82) is 0 Å². The number of fused-ring (bicyclic) bond motifs is 3. The van der Waals surface area contributed by atoms with Crippen molar-refractivity contribution in [3.8, 4) is 0 Å². The fraction of sp³-hybridized carbons (Fsp3) is 0.217. The van der Waals surface area contributed by atoms with E-state index in [1.165, 1.54) is 17.7 Å². The number of benzene rings is 2. The quantitative estimate of drug-likeness (QED) is 0.602. The minimum Gasteiger partial charge on any atom is -0.321 e. The molecule has 0 aliphatic carbocycles. The van der Waals surface area contributed by atoms with E-state index in [0.29, 0.717) is 17.9 Å². The average Bonchev–Trinajstić information content (AvgIpc) is 2.89. The number of amides is 1. The smallest absolute Gasteiger partial charge is 0.274 e. The fourth-order valence-corrected chi connectivity index (χ4v) is 5.39. The van der Waals surface area contributed by atoms with Crippen molar-refractivity contribution < 1.29 is 9.18 Å². The molecule has 3 heterocycles. The summed E-state index contributed by atoms with van der Waals surface area (Å²) in [6.45, 7) is 2.03. The molecule has 3 aromatic rings. The summed E-state index contributed by atoms with van der Waals surface area (Å²) in [6, 6.07) is 14.3. The third-order valence-electron chi connectivity index (χ3n) is 5.81. The van der Waals surface area contributed by atoms with Crippen LogP contribution in [0.15, 0.2) is 64.4 Å². The van der Waals surface area contributed by atoms with Gasteiger partial charge in [-0.1, -0.05) is 30.3 Å². The highest BCUT2D eigenvalue weighted by Crippen LogP contribution is 2.42. The van der Waals surface area contributed by atoms with Crippen LogP contribution < -0.4 is 10.4 Å². The Morgan fingerprint density at radius 3 is 2.70 bits per heavy atom. The first-order valence-corrected chi connectivity index (χ1v) is 10.7. The summed E-state index contributed by atoms with van der Waals surface area (Å²) in [6.07, 6.45) is 1.67. The zero-order valence-electron chi connectivity index (χ0n) is 16.6. The summed E-state index contributed by atoms with van der Waals surface area (Å²) >= 11 is 1.62. The second kappa shape index (κ2) is 7.02. The van der Waals surface area contributed by atoms with Crippen LogP contribution in [0.5, 0.6) is 0 Å². The molecule has 7 heteroatoms. The van der Waals surface area contributed by atoms with E-state index in [9.17, 15) is 14.0 Å². The zero-order valence-corrected chi connectivity index (χ0v) is 17.4. The zero-order chi connectivity index (χ0) is 21.0. The van der Waals surface area contributed by atoms with Gasteiger partial charge < -0.3 is 4.90 Å². The molecule has 0 radical (unpaired) electrons. The molecule has 152 valence electrons. The van der Waals surface area contributed by atoms with E-state index in [2.05, 4.69) is 17.1 Å². The lowest BCUT2D eigenvalue weighted by Crippen LogP contribution is -2.54. The number of nitrogens with zero attached hydrogens (tertiary/aromatic N) is 3. The predicted molar refractivity (Wildman–Crippen MR) is 115 cm³/mol. The first kappa shape index (κ1) is 18.9. The number of carbonyl (C=O) groups is 1. The first-order chi connectivity index (χ1) is 14.5. The Hall–Kier alpha value is -3.06. The minimum absolute atomic E-state index is 0.163. The molecule has 0 fully saturated rings. The molecule has 0 N–H and O–H groups in total. The number of aromatic nitrogens is 1. The standard InChI is InChI=1S/C23H20FN3O2S/c1-14-19(28)9-10-26-21(14)23(29)25(2)13-27(26)22-17-6-4-3-5-15(17)12-30-20-11-16(24)7-8-18(20)22/h3-11,22H,12-13H2,1-2H3. The number of pyridine rings is 1. The van der Waals surface area contributed by atoms with E-state index in [1.807, 2.05) is 18.2 Å². The normalized spacial score (nSPS) is 17.8. The van der Waals surface area contributed by atoms with Crippen LogP contribution in [0.1, 0.15) is 38.8 Å². The third kappa shape index (κ3) is 2.84. The Kier molecular flexibility index (Phi) is 4.43. The maximum atomic E-state index is 14.1. The van der Waals surface area contributed by atoms with Crippen LogP contribution in [0.3, 0.4) is 0 Å². The Balaban J connectivity index is 1.79. The van der Waals surface area contributed by atoms with Gasteiger partial charge in [0, 0.05) is 35.5 Å². The Morgan fingerprint density at radius 1 is 1.07 bits per heavy atom. The third-order valence-corrected chi connectivity index (χ3v) is 6.93. The number of rotatable bonds is 1. The van der Waals surface area contributed by atoms with Crippen molar-refractivity contribution in [3.05, 3.63) is 98.7 Å². The second-order valence-electron chi connectivity index (χ2n) is 7.65. The molecular weight excluding hydrogens is 401 g/mol. The van der Waals surface area contributed by atoms with Gasteiger partial charge in [-0.05, 0) is 35.7 Å². The van der Waals surface area contributed by atoms with Gasteiger partial charge in [0.2, 0.25) is 0 Å². The molecule has 5 nitrogen and oxygen atoms in total. The van der Waals surface area contributed by atoms with Gasteiger partial charge in [-0.25, -0.2) is 4.39 Å². The molecule has 1 aromatic heterocycles. The molecule has 1 amide bonds. The van der Waals surface area contributed by atoms with E-state index >= 15 is 0 Å². The molecule has 0 saturated heterocycles. The van der Waals surface area contributed by atoms with Crippen LogP contribution in [0, 0.1) is 12.7 Å². The van der Waals surface area contributed by atoms with Crippen LogP contribution in [-0.2, 0) is 5.75 Å². The molecule has 5 rings (SSSR count). The van der Waals surface area contributed by atoms with Crippen molar-refractivity contribution >= 4 is 17.7 Å². The van der Waals surface area contributed by atoms with E-state index < -0.39 is 0 Å². The second-order valence-corrected chi connectivity index (χ2v) is 8.67. The maximum Gasteiger partial charge on any atom is 0.274 e. The topological polar surface area (TPSA) is 45.6 Å². The van der Waals surface area contributed by atoms with E-state index in [-0.39, 0.29) is 23.2 Å². The fourth-order valence-electron chi connectivity index (χ4n) is 4.27. The summed E-state index contributed by atoms with van der Waals surface area (Å²) in [5, 5.41) is 2.07. The summed E-state index contributed by atoms with van der Waals surface area (Å²) in [5.41, 5.74) is 3.90. The van der Waals surface area contributed by atoms with Crippen LogP contribution in [0.4, 0.5) is 4.39 Å². The summed E-state index contributed by atoms with van der Waals surface area (Å²) < 4.78 is 15.9. The monoisotopic (exact) mass is 421 g/mol. The number of hydrogen-bond acceptors (Lipinski definition) is 4. The van der Waals surface area contributed by atoms with Gasteiger partial charge >= 0.3 is 0 Å². The van der Waals surface area contributed by atoms with Crippen LogP contribution >= 0.6 is 11.8 Å². The molecule has 2 aromatic carbocycles. The van der Waals surface area contributed by atoms with Crippen molar-refractivity contribution in [3.63, 3.8) is 0 Å². The predicted octanol–water partition coefficient (Wildman–Crippen LogP) is 3.67. The van der Waals surface area contributed by atoms with E-state index in [4.69, 9.17) is 0 Å². The van der Waals surface area contributed by atoms with E-state index in [0.717, 1.165) is 21.8 Å². The Bertz CT molecular complexity index is 1240. The molecular formula is C23H20FN3O2S. The molecule has 0 saturated carbocycles. The highest BCUT2D eigenvalue weighted by atomic mass is 32.2. The molecule has 30 heavy (non-hydrogen) atoms. The lowest BCUT2D eigenvalue weighted by molar-refractivity contribution is 0.0730. The van der Waals surface area contributed by atoms with Crippen molar-refractivity contribution in [2.24, 2.45) is 0 Å². The summed E-state index contributed by atoms with van der Waals surface area (Å²) in [7, 11) is 1.73. The maximum absolute atomic E-state index is 14.1. The van der Waals surface area contributed by atoms with Gasteiger partial charge in [0.1, 0.15) is 18.2 Å². The average molecular weight is 421 g/mol.